The highest BCUT2D eigenvalue weighted by atomic mass is 19.4. The number of esters is 1. The zero-order valence-electron chi connectivity index (χ0n) is 27.7. The first kappa shape index (κ1) is 38.2. The van der Waals surface area contributed by atoms with Gasteiger partial charge in [0.2, 0.25) is 6.29 Å². The van der Waals surface area contributed by atoms with E-state index >= 15 is 0 Å². The Morgan fingerprint density at radius 2 is 1.29 bits per heavy atom. The molecular weight excluding hydrogens is 694 g/mol. The van der Waals surface area contributed by atoms with E-state index in [1.54, 1.807) is 66.7 Å². The molecule has 1 heterocycles. The van der Waals surface area contributed by atoms with E-state index in [1.165, 1.54) is 36.4 Å². The van der Waals surface area contributed by atoms with E-state index in [1.807, 2.05) is 0 Å². The van der Waals surface area contributed by atoms with Crippen LogP contribution in [0, 0.1) is 0 Å². The molecule has 4 aromatic rings. The van der Waals surface area contributed by atoms with Gasteiger partial charge in [-0.1, -0.05) is 97.1 Å². The van der Waals surface area contributed by atoms with Gasteiger partial charge in [-0.15, -0.1) is 0 Å². The molecule has 8 nitrogen and oxygen atoms in total. The topological polar surface area (TPSA) is 87.9 Å². The fraction of sp³-hybridized carbons (Fsp3) is 0.289. The van der Waals surface area contributed by atoms with Crippen molar-refractivity contribution in [1.82, 2.24) is 0 Å². The van der Waals surface area contributed by atoms with Gasteiger partial charge in [0.15, 0.2) is 0 Å². The van der Waals surface area contributed by atoms with Gasteiger partial charge < -0.3 is 23.7 Å². The van der Waals surface area contributed by atoms with Crippen LogP contribution in [-0.4, -0.2) is 61.5 Å². The van der Waals surface area contributed by atoms with Gasteiger partial charge in [0.25, 0.3) is 5.90 Å². The molecule has 0 spiro atoms. The highest BCUT2D eigenvalue weighted by molar-refractivity contribution is 5.85. The molecule has 0 aliphatic carbocycles. The van der Waals surface area contributed by atoms with Crippen LogP contribution in [0.3, 0.4) is 0 Å². The number of carbonyl (C=O) groups excluding carboxylic acids is 1. The summed E-state index contributed by atoms with van der Waals surface area (Å²) in [6.45, 7) is 0.488. The maximum Gasteiger partial charge on any atom is 0.468 e. The molecule has 0 bridgehead atoms. The molecule has 0 saturated carbocycles. The minimum absolute atomic E-state index is 0.0429. The Labute approximate surface area is 295 Å². The summed E-state index contributed by atoms with van der Waals surface area (Å²) in [6, 6.07) is 27.8. The molecule has 1 aliphatic rings. The molecule has 1 aliphatic heterocycles. The summed E-state index contributed by atoms with van der Waals surface area (Å²) in [5, 5.41) is 0. The molecule has 0 amide bonds. The number of benzene rings is 4. The summed E-state index contributed by atoms with van der Waals surface area (Å²) >= 11 is 0. The van der Waals surface area contributed by atoms with Gasteiger partial charge in [-0.3, -0.25) is 9.79 Å². The van der Waals surface area contributed by atoms with Gasteiger partial charge in [0.05, 0.1) is 24.5 Å². The standard InChI is InChI=1S/C38H34F6N2O6/c1-25(47)48-24-31-33(49-22-26-13-5-2-6-14-26)34(50-23-27-15-7-3-8-16-27)32(45-21-28-17-11-12-20-30(28)37(39,40)41)35(51-31)52-36(38(42,43)44)46-29-18-9-4-10-19-29/h2-21,31-35H,22-24H2,1H3/t31-,32-,33+,34-,35?/m1/s1. The lowest BCUT2D eigenvalue weighted by molar-refractivity contribution is -0.271. The Balaban J connectivity index is 1.62. The number of halogens is 6. The van der Waals surface area contributed by atoms with Crippen molar-refractivity contribution in [3.63, 3.8) is 0 Å². The Kier molecular flexibility index (Phi) is 12.8. The molecule has 274 valence electrons. The quantitative estimate of drug-likeness (QED) is 0.0632. The largest absolute Gasteiger partial charge is 0.468 e. The number of carbonyl (C=O) groups is 1. The zero-order valence-corrected chi connectivity index (χ0v) is 27.7. The average molecular weight is 729 g/mol. The number of alkyl halides is 6. The molecule has 52 heavy (non-hydrogen) atoms. The maximum atomic E-state index is 14.5. The van der Waals surface area contributed by atoms with E-state index in [-0.39, 0.29) is 24.5 Å². The number of nitrogens with zero attached hydrogens (tertiary/aromatic N) is 2. The monoisotopic (exact) mass is 728 g/mol. The molecule has 1 saturated heterocycles. The Morgan fingerprint density at radius 1 is 0.750 bits per heavy atom. The summed E-state index contributed by atoms with van der Waals surface area (Å²) in [5.41, 5.74) is -0.115. The second-order valence-electron chi connectivity index (χ2n) is 11.6. The minimum atomic E-state index is -5.15. The fourth-order valence-corrected chi connectivity index (χ4v) is 5.33. The smallest absolute Gasteiger partial charge is 0.463 e. The second kappa shape index (κ2) is 17.4. The first-order chi connectivity index (χ1) is 24.9. The first-order valence-corrected chi connectivity index (χ1v) is 16.1. The van der Waals surface area contributed by atoms with Gasteiger partial charge in [0, 0.05) is 18.7 Å². The van der Waals surface area contributed by atoms with Crippen LogP contribution < -0.4 is 0 Å². The lowest BCUT2D eigenvalue weighted by Crippen LogP contribution is -2.61. The molecule has 1 unspecified atom stereocenters. The minimum Gasteiger partial charge on any atom is -0.463 e. The van der Waals surface area contributed by atoms with Crippen molar-refractivity contribution in [2.45, 2.75) is 63.1 Å². The van der Waals surface area contributed by atoms with Gasteiger partial charge >= 0.3 is 18.3 Å². The SMILES string of the molecule is CC(=O)OC[C@H]1OC(OC(=Nc2ccccc2)C(F)(F)F)[C@H](N=Cc2ccccc2C(F)(F)F)[C@@H](OCc2ccccc2)[C@H]1OCc1ccccc1. The highest BCUT2D eigenvalue weighted by Crippen LogP contribution is 2.35. The van der Waals surface area contributed by atoms with Crippen LogP contribution in [0.15, 0.2) is 125 Å². The third-order valence-corrected chi connectivity index (χ3v) is 7.75. The van der Waals surface area contributed by atoms with Gasteiger partial charge in [0.1, 0.15) is 31.0 Å². The molecule has 0 N–H and O–H groups in total. The van der Waals surface area contributed by atoms with E-state index in [0.29, 0.717) is 11.1 Å². The van der Waals surface area contributed by atoms with Crippen molar-refractivity contribution in [3.05, 3.63) is 138 Å². The lowest BCUT2D eigenvalue weighted by atomic mass is 9.96. The van der Waals surface area contributed by atoms with Crippen molar-refractivity contribution in [2.24, 2.45) is 9.98 Å². The van der Waals surface area contributed by atoms with Crippen molar-refractivity contribution < 1.29 is 54.8 Å². The number of hydrogen-bond donors (Lipinski definition) is 0. The summed E-state index contributed by atoms with van der Waals surface area (Å²) < 4.78 is 115. The molecular formula is C38H34F6N2O6. The van der Waals surface area contributed by atoms with Crippen molar-refractivity contribution >= 4 is 23.8 Å². The second-order valence-corrected chi connectivity index (χ2v) is 11.6. The number of hydrogen-bond acceptors (Lipinski definition) is 8. The summed E-state index contributed by atoms with van der Waals surface area (Å²) in [4.78, 5) is 20.0. The maximum absolute atomic E-state index is 14.5. The fourth-order valence-electron chi connectivity index (χ4n) is 5.33. The van der Waals surface area contributed by atoms with Crippen LogP contribution in [0.2, 0.25) is 0 Å². The number of rotatable bonds is 12. The van der Waals surface area contributed by atoms with Gasteiger partial charge in [-0.25, -0.2) is 4.99 Å². The molecule has 0 radical (unpaired) electrons. The van der Waals surface area contributed by atoms with Crippen LogP contribution in [-0.2, 0) is 47.9 Å². The van der Waals surface area contributed by atoms with E-state index in [0.717, 1.165) is 25.3 Å². The Morgan fingerprint density at radius 3 is 1.85 bits per heavy atom. The Bertz CT molecular complexity index is 1790. The average Bonchev–Trinajstić information content (AvgIpc) is 3.12. The first-order valence-electron chi connectivity index (χ1n) is 16.1. The third-order valence-electron chi connectivity index (χ3n) is 7.75. The van der Waals surface area contributed by atoms with Crippen molar-refractivity contribution in [1.29, 1.82) is 0 Å². The highest BCUT2D eigenvalue weighted by Gasteiger charge is 2.52. The lowest BCUT2D eigenvalue weighted by Gasteiger charge is -2.44. The predicted molar refractivity (Wildman–Crippen MR) is 179 cm³/mol. The van der Waals surface area contributed by atoms with E-state index in [9.17, 15) is 31.1 Å². The van der Waals surface area contributed by atoms with E-state index in [2.05, 4.69) is 9.98 Å². The molecule has 14 heteroatoms. The van der Waals surface area contributed by atoms with Gasteiger partial charge in [-0.05, 0) is 29.3 Å². The van der Waals surface area contributed by atoms with Crippen LogP contribution in [0.4, 0.5) is 32.0 Å². The van der Waals surface area contributed by atoms with Crippen LogP contribution in [0.1, 0.15) is 29.2 Å². The van der Waals surface area contributed by atoms with Crippen molar-refractivity contribution in [2.75, 3.05) is 6.61 Å². The summed E-state index contributed by atoms with van der Waals surface area (Å²) in [6.07, 6.45) is -14.8. The van der Waals surface area contributed by atoms with Crippen LogP contribution in [0.5, 0.6) is 0 Å². The normalized spacial score (nSPS) is 21.2. The number of aliphatic imine (C=N–C) groups is 2. The molecule has 0 aromatic heterocycles. The number of ether oxygens (including phenoxy) is 5. The van der Waals surface area contributed by atoms with Crippen LogP contribution in [0.25, 0.3) is 0 Å². The predicted octanol–water partition coefficient (Wildman–Crippen LogP) is 8.26. The molecule has 5 atom stereocenters. The Hall–Kier alpha value is -5.05. The van der Waals surface area contributed by atoms with Crippen molar-refractivity contribution in [3.8, 4) is 0 Å². The number of para-hydroxylation sites is 1. The molecule has 4 aromatic carbocycles. The summed E-state index contributed by atoms with van der Waals surface area (Å²) in [7, 11) is 0. The third kappa shape index (κ3) is 10.7. The van der Waals surface area contributed by atoms with E-state index < -0.39 is 67.0 Å². The molecule has 5 rings (SSSR count). The zero-order chi connectivity index (χ0) is 37.1. The van der Waals surface area contributed by atoms with Gasteiger partial charge in [-0.2, -0.15) is 26.3 Å². The van der Waals surface area contributed by atoms with E-state index in [4.69, 9.17) is 23.7 Å². The molecule has 1 fully saturated rings. The van der Waals surface area contributed by atoms with Crippen LogP contribution >= 0.6 is 0 Å². The summed E-state index contributed by atoms with van der Waals surface area (Å²) in [5.74, 6) is -2.42.